The molecule has 0 unspecified atom stereocenters. The Bertz CT molecular complexity index is 827. The van der Waals surface area contributed by atoms with E-state index < -0.39 is 15.9 Å². The van der Waals surface area contributed by atoms with E-state index in [2.05, 4.69) is 5.48 Å². The third-order valence-corrected chi connectivity index (χ3v) is 6.05. The van der Waals surface area contributed by atoms with Crippen molar-refractivity contribution in [1.82, 2.24) is 9.79 Å². The summed E-state index contributed by atoms with van der Waals surface area (Å²) in [7, 11) is -3.57. The topological polar surface area (TPSA) is 98.1 Å². The van der Waals surface area contributed by atoms with E-state index in [1.165, 1.54) is 28.6 Å². The maximum atomic E-state index is 12.5. The first kappa shape index (κ1) is 19.6. The summed E-state index contributed by atoms with van der Waals surface area (Å²) in [5, 5.41) is 0. The molecule has 0 atom stereocenters. The van der Waals surface area contributed by atoms with E-state index in [4.69, 9.17) is 14.0 Å². The molecule has 8 nitrogen and oxygen atoms in total. The van der Waals surface area contributed by atoms with Gasteiger partial charge in [0.2, 0.25) is 10.0 Å². The number of aryl methyl sites for hydroxylation is 1. The molecule has 27 heavy (non-hydrogen) atoms. The number of nitrogens with one attached hydrogen (secondary N) is 1. The summed E-state index contributed by atoms with van der Waals surface area (Å²) in [5.74, 6) is 0.435. The molecule has 1 aromatic heterocycles. The van der Waals surface area contributed by atoms with Crippen molar-refractivity contribution in [1.29, 1.82) is 0 Å². The molecule has 1 N–H and O–H groups in total. The number of hydrogen-bond donors (Lipinski definition) is 1. The van der Waals surface area contributed by atoms with Crippen LogP contribution in [0.5, 0.6) is 0 Å². The molecule has 9 heteroatoms. The van der Waals surface area contributed by atoms with Crippen LogP contribution in [0.1, 0.15) is 22.5 Å². The Balaban J connectivity index is 1.48. The van der Waals surface area contributed by atoms with Gasteiger partial charge in [0.1, 0.15) is 5.76 Å². The zero-order chi connectivity index (χ0) is 19.1. The molecule has 0 saturated carbocycles. The SMILES string of the molecule is O=C(NOCCCc1ccco1)c1ccc(S(=O)(=O)N2CCOCC2)cc1. The van der Waals surface area contributed by atoms with Gasteiger partial charge in [-0.15, -0.1) is 0 Å². The third kappa shape index (κ3) is 5.16. The number of ether oxygens (including phenoxy) is 1. The second-order valence-electron chi connectivity index (χ2n) is 6.00. The molecule has 1 amide bonds. The number of carbonyl (C=O) groups is 1. The molecule has 2 heterocycles. The average molecular weight is 394 g/mol. The van der Waals surface area contributed by atoms with Crippen LogP contribution in [0.15, 0.2) is 52.0 Å². The summed E-state index contributed by atoms with van der Waals surface area (Å²) < 4.78 is 36.9. The highest BCUT2D eigenvalue weighted by molar-refractivity contribution is 7.89. The summed E-state index contributed by atoms with van der Waals surface area (Å²) in [6.45, 7) is 1.77. The predicted octanol–water partition coefficient (Wildman–Crippen LogP) is 1.59. The lowest BCUT2D eigenvalue weighted by Crippen LogP contribution is -2.40. The van der Waals surface area contributed by atoms with Crippen molar-refractivity contribution in [2.24, 2.45) is 0 Å². The standard InChI is InChI=1S/C18H22N2O6S/c21-18(19-26-12-2-4-16-3-1-11-25-16)15-5-7-17(8-6-15)27(22,23)20-9-13-24-14-10-20/h1,3,5-8,11H,2,4,9-10,12-14H2,(H,19,21). The number of furan rings is 1. The molecule has 1 saturated heterocycles. The van der Waals surface area contributed by atoms with E-state index in [0.717, 1.165) is 12.2 Å². The molecule has 0 spiro atoms. The van der Waals surface area contributed by atoms with Crippen molar-refractivity contribution in [3.8, 4) is 0 Å². The molecule has 1 aliphatic heterocycles. The first-order chi connectivity index (χ1) is 13.1. The Morgan fingerprint density at radius 1 is 1.15 bits per heavy atom. The summed E-state index contributed by atoms with van der Waals surface area (Å²) in [6, 6.07) is 9.49. The summed E-state index contributed by atoms with van der Waals surface area (Å²) in [4.78, 5) is 17.4. The Morgan fingerprint density at radius 3 is 2.56 bits per heavy atom. The van der Waals surface area contributed by atoms with E-state index >= 15 is 0 Å². The number of sulfonamides is 1. The normalized spacial score (nSPS) is 15.6. The fourth-order valence-corrected chi connectivity index (χ4v) is 4.07. The van der Waals surface area contributed by atoms with Crippen molar-refractivity contribution >= 4 is 15.9 Å². The highest BCUT2D eigenvalue weighted by Crippen LogP contribution is 2.17. The fraction of sp³-hybridized carbons (Fsp3) is 0.389. The van der Waals surface area contributed by atoms with Gasteiger partial charge in [0.15, 0.2) is 0 Å². The number of rotatable bonds is 8. The smallest absolute Gasteiger partial charge is 0.274 e. The maximum Gasteiger partial charge on any atom is 0.274 e. The molecular weight excluding hydrogens is 372 g/mol. The first-order valence-corrected chi connectivity index (χ1v) is 10.1. The van der Waals surface area contributed by atoms with Gasteiger partial charge >= 0.3 is 0 Å². The third-order valence-electron chi connectivity index (χ3n) is 4.14. The Morgan fingerprint density at radius 2 is 1.89 bits per heavy atom. The monoisotopic (exact) mass is 394 g/mol. The van der Waals surface area contributed by atoms with Crippen molar-refractivity contribution < 1.29 is 27.2 Å². The lowest BCUT2D eigenvalue weighted by molar-refractivity contribution is 0.0301. The number of hydroxylamine groups is 1. The number of hydrogen-bond acceptors (Lipinski definition) is 6. The zero-order valence-corrected chi connectivity index (χ0v) is 15.6. The highest BCUT2D eigenvalue weighted by Gasteiger charge is 2.26. The molecule has 0 aliphatic carbocycles. The minimum atomic E-state index is -3.57. The quantitative estimate of drug-likeness (QED) is 0.539. The van der Waals surface area contributed by atoms with Crippen molar-refractivity contribution in [2.75, 3.05) is 32.9 Å². The lowest BCUT2D eigenvalue weighted by Gasteiger charge is -2.26. The maximum absolute atomic E-state index is 12.5. The van der Waals surface area contributed by atoms with Crippen LogP contribution >= 0.6 is 0 Å². The molecule has 0 bridgehead atoms. The van der Waals surface area contributed by atoms with E-state index in [1.54, 1.807) is 6.26 Å². The summed E-state index contributed by atoms with van der Waals surface area (Å²) in [5.41, 5.74) is 2.68. The van der Waals surface area contributed by atoms with Gasteiger partial charge in [-0.3, -0.25) is 9.63 Å². The van der Waals surface area contributed by atoms with Gasteiger partial charge in [-0.2, -0.15) is 4.31 Å². The van der Waals surface area contributed by atoms with Gasteiger partial charge < -0.3 is 9.15 Å². The van der Waals surface area contributed by atoms with Crippen LogP contribution in [0.2, 0.25) is 0 Å². The molecule has 2 aromatic rings. The van der Waals surface area contributed by atoms with Crippen molar-refractivity contribution in [3.63, 3.8) is 0 Å². The van der Waals surface area contributed by atoms with Crippen molar-refractivity contribution in [3.05, 3.63) is 54.0 Å². The largest absolute Gasteiger partial charge is 0.469 e. The molecule has 1 aromatic carbocycles. The Hall–Kier alpha value is -2.20. The first-order valence-electron chi connectivity index (χ1n) is 8.70. The van der Waals surface area contributed by atoms with Gasteiger partial charge in [0.25, 0.3) is 5.91 Å². The summed E-state index contributed by atoms with van der Waals surface area (Å²) >= 11 is 0. The van der Waals surface area contributed by atoms with Crippen LogP contribution in [-0.4, -0.2) is 51.5 Å². The van der Waals surface area contributed by atoms with E-state index in [1.807, 2.05) is 12.1 Å². The second kappa shape index (κ2) is 9.14. The number of morpholine rings is 1. The summed E-state index contributed by atoms with van der Waals surface area (Å²) in [6.07, 6.45) is 3.03. The van der Waals surface area contributed by atoms with E-state index in [9.17, 15) is 13.2 Å². The number of amides is 1. The van der Waals surface area contributed by atoms with Crippen molar-refractivity contribution in [2.45, 2.75) is 17.7 Å². The highest BCUT2D eigenvalue weighted by atomic mass is 32.2. The van der Waals surface area contributed by atoms with Crippen LogP contribution in [0.3, 0.4) is 0 Å². The van der Waals surface area contributed by atoms with E-state index in [-0.39, 0.29) is 4.90 Å². The van der Waals surface area contributed by atoms with Gasteiger partial charge in [-0.25, -0.2) is 13.9 Å². The number of nitrogens with zero attached hydrogens (tertiary/aromatic N) is 1. The van der Waals surface area contributed by atoms with Crippen LogP contribution in [0, 0.1) is 0 Å². The number of carbonyl (C=O) groups excluding carboxylic acids is 1. The minimum Gasteiger partial charge on any atom is -0.469 e. The molecule has 146 valence electrons. The minimum absolute atomic E-state index is 0.153. The molecule has 1 fully saturated rings. The fourth-order valence-electron chi connectivity index (χ4n) is 2.66. The number of benzene rings is 1. The van der Waals surface area contributed by atoms with Gasteiger partial charge in [-0.1, -0.05) is 0 Å². The lowest BCUT2D eigenvalue weighted by atomic mass is 10.2. The van der Waals surface area contributed by atoms with Crippen LogP contribution in [0.4, 0.5) is 0 Å². The van der Waals surface area contributed by atoms with Crippen LogP contribution < -0.4 is 5.48 Å². The molecule has 0 radical (unpaired) electrons. The van der Waals surface area contributed by atoms with Crippen LogP contribution in [0.25, 0.3) is 0 Å². The van der Waals surface area contributed by atoms with Crippen LogP contribution in [-0.2, 0) is 26.0 Å². The molecule has 1 aliphatic rings. The average Bonchev–Trinajstić information content (AvgIpc) is 3.22. The molecular formula is C18H22N2O6S. The zero-order valence-electron chi connectivity index (χ0n) is 14.8. The van der Waals surface area contributed by atoms with Gasteiger partial charge in [0.05, 0.1) is 31.0 Å². The van der Waals surface area contributed by atoms with E-state index in [0.29, 0.717) is 44.9 Å². The Kier molecular flexibility index (Phi) is 6.62. The molecule has 3 rings (SSSR count). The predicted molar refractivity (Wildman–Crippen MR) is 96.5 cm³/mol. The second-order valence-corrected chi connectivity index (χ2v) is 7.94. The van der Waals surface area contributed by atoms with Gasteiger partial charge in [0, 0.05) is 25.1 Å². The Labute approximate surface area is 158 Å². The van der Waals surface area contributed by atoms with Gasteiger partial charge in [-0.05, 0) is 42.8 Å².